The Balaban J connectivity index is 2.65. The Kier molecular flexibility index (Phi) is 4.13. The van der Waals surface area contributed by atoms with Gasteiger partial charge in [-0.1, -0.05) is 0 Å². The zero-order chi connectivity index (χ0) is 13.8. The fourth-order valence-electron chi connectivity index (χ4n) is 1.02. The van der Waals surface area contributed by atoms with Crippen molar-refractivity contribution in [2.24, 2.45) is 0 Å². The van der Waals surface area contributed by atoms with Gasteiger partial charge in [0.05, 0.1) is 0 Å². The van der Waals surface area contributed by atoms with Gasteiger partial charge in [-0.3, -0.25) is 20.4 Å². The highest BCUT2D eigenvalue weighted by Gasteiger charge is 2.31. The standard InChI is InChI=1S/C10H9F3N2O3/c1-6(16)14-15-9(17)7-2-4-8(5-3-7)18-10(11,12)13/h2-5H,1H3,(H,14,16)(H,15,17). The maximum atomic E-state index is 11.9. The third-order valence-electron chi connectivity index (χ3n) is 1.70. The van der Waals surface area contributed by atoms with Crippen LogP contribution in [0.3, 0.4) is 0 Å². The van der Waals surface area contributed by atoms with Crippen LogP contribution < -0.4 is 15.6 Å². The molecule has 2 N–H and O–H groups in total. The molecule has 0 radical (unpaired) electrons. The second-order valence-electron chi connectivity index (χ2n) is 3.21. The lowest BCUT2D eigenvalue weighted by molar-refractivity contribution is -0.274. The molecule has 0 atom stereocenters. The van der Waals surface area contributed by atoms with Gasteiger partial charge in [-0.05, 0) is 24.3 Å². The number of amides is 2. The van der Waals surface area contributed by atoms with E-state index in [1.165, 1.54) is 6.92 Å². The molecule has 0 aromatic heterocycles. The minimum Gasteiger partial charge on any atom is -0.406 e. The van der Waals surface area contributed by atoms with Crippen molar-refractivity contribution in [2.45, 2.75) is 13.3 Å². The van der Waals surface area contributed by atoms with E-state index in [2.05, 4.69) is 10.2 Å². The molecule has 1 rings (SSSR count). The van der Waals surface area contributed by atoms with Crippen LogP contribution in [0.4, 0.5) is 13.2 Å². The van der Waals surface area contributed by atoms with Gasteiger partial charge >= 0.3 is 6.36 Å². The smallest absolute Gasteiger partial charge is 0.406 e. The molecule has 0 heterocycles. The zero-order valence-electron chi connectivity index (χ0n) is 9.17. The van der Waals surface area contributed by atoms with Gasteiger partial charge in [0.25, 0.3) is 5.91 Å². The van der Waals surface area contributed by atoms with Gasteiger partial charge in [-0.2, -0.15) is 0 Å². The summed E-state index contributed by atoms with van der Waals surface area (Å²) < 4.78 is 39.2. The number of rotatable bonds is 2. The monoisotopic (exact) mass is 262 g/mol. The molecular weight excluding hydrogens is 253 g/mol. The van der Waals surface area contributed by atoms with E-state index in [0.29, 0.717) is 0 Å². The van der Waals surface area contributed by atoms with Crippen molar-refractivity contribution in [1.82, 2.24) is 10.9 Å². The van der Waals surface area contributed by atoms with Crippen LogP contribution in [0.1, 0.15) is 17.3 Å². The summed E-state index contributed by atoms with van der Waals surface area (Å²) in [6, 6.07) is 4.27. The first-order chi connectivity index (χ1) is 8.28. The molecule has 1 aromatic carbocycles. The Morgan fingerprint density at radius 2 is 1.67 bits per heavy atom. The van der Waals surface area contributed by atoms with Gasteiger partial charge in [0, 0.05) is 12.5 Å². The van der Waals surface area contributed by atoms with Crippen LogP contribution in [0.15, 0.2) is 24.3 Å². The van der Waals surface area contributed by atoms with Crippen LogP contribution in [0.25, 0.3) is 0 Å². The summed E-state index contributed by atoms with van der Waals surface area (Å²) in [5, 5.41) is 0. The molecule has 0 spiro atoms. The minimum atomic E-state index is -4.78. The fraction of sp³-hybridized carbons (Fsp3) is 0.200. The van der Waals surface area contributed by atoms with Crippen molar-refractivity contribution in [3.05, 3.63) is 29.8 Å². The van der Waals surface area contributed by atoms with E-state index in [1.54, 1.807) is 0 Å². The van der Waals surface area contributed by atoms with E-state index >= 15 is 0 Å². The van der Waals surface area contributed by atoms with E-state index in [-0.39, 0.29) is 5.56 Å². The number of alkyl halides is 3. The second kappa shape index (κ2) is 5.39. The molecule has 0 bridgehead atoms. The quantitative estimate of drug-likeness (QED) is 0.791. The fourth-order valence-corrected chi connectivity index (χ4v) is 1.02. The Morgan fingerprint density at radius 3 is 2.11 bits per heavy atom. The average molecular weight is 262 g/mol. The number of halogens is 3. The Morgan fingerprint density at radius 1 is 1.11 bits per heavy atom. The van der Waals surface area contributed by atoms with Crippen molar-refractivity contribution in [1.29, 1.82) is 0 Å². The lowest BCUT2D eigenvalue weighted by atomic mass is 10.2. The molecule has 0 unspecified atom stereocenters. The predicted molar refractivity (Wildman–Crippen MR) is 54.4 cm³/mol. The van der Waals surface area contributed by atoms with Crippen molar-refractivity contribution < 1.29 is 27.5 Å². The van der Waals surface area contributed by atoms with E-state index < -0.39 is 23.9 Å². The van der Waals surface area contributed by atoms with Gasteiger partial charge in [0.2, 0.25) is 5.91 Å². The van der Waals surface area contributed by atoms with E-state index in [4.69, 9.17) is 0 Å². The molecule has 0 saturated heterocycles. The van der Waals surface area contributed by atoms with Crippen LogP contribution in [0, 0.1) is 0 Å². The van der Waals surface area contributed by atoms with Crippen LogP contribution >= 0.6 is 0 Å². The molecule has 18 heavy (non-hydrogen) atoms. The molecule has 2 amide bonds. The van der Waals surface area contributed by atoms with Crippen molar-refractivity contribution in [3.63, 3.8) is 0 Å². The summed E-state index contributed by atoms with van der Waals surface area (Å²) in [5.74, 6) is -1.55. The zero-order valence-corrected chi connectivity index (χ0v) is 9.17. The average Bonchev–Trinajstić information content (AvgIpc) is 2.24. The number of nitrogens with one attached hydrogen (secondary N) is 2. The Bertz CT molecular complexity index is 443. The first-order valence-electron chi connectivity index (χ1n) is 4.70. The van der Waals surface area contributed by atoms with Gasteiger partial charge in [-0.25, -0.2) is 0 Å². The second-order valence-corrected chi connectivity index (χ2v) is 3.21. The number of hydrogen-bond donors (Lipinski definition) is 2. The van der Waals surface area contributed by atoms with Crippen LogP contribution in [-0.2, 0) is 4.79 Å². The molecule has 0 aliphatic heterocycles. The van der Waals surface area contributed by atoms with Crippen molar-refractivity contribution in [3.8, 4) is 5.75 Å². The van der Waals surface area contributed by atoms with Crippen molar-refractivity contribution >= 4 is 11.8 Å². The number of benzene rings is 1. The number of carbonyl (C=O) groups excluding carboxylic acids is 2. The van der Waals surface area contributed by atoms with E-state index in [1.807, 2.05) is 5.43 Å². The van der Waals surface area contributed by atoms with Crippen LogP contribution in [0.5, 0.6) is 5.75 Å². The number of ether oxygens (including phenoxy) is 1. The third kappa shape index (κ3) is 4.73. The summed E-state index contributed by atoms with van der Waals surface area (Å²) in [6.07, 6.45) is -4.78. The molecule has 0 aliphatic carbocycles. The van der Waals surface area contributed by atoms with Gasteiger partial charge in [-0.15, -0.1) is 13.2 Å². The van der Waals surface area contributed by atoms with Gasteiger partial charge < -0.3 is 4.74 Å². The van der Waals surface area contributed by atoms with Crippen LogP contribution in [-0.4, -0.2) is 18.2 Å². The lowest BCUT2D eigenvalue weighted by Gasteiger charge is -2.09. The summed E-state index contributed by atoms with van der Waals surface area (Å²) >= 11 is 0. The summed E-state index contributed by atoms with van der Waals surface area (Å²) in [5.41, 5.74) is 4.19. The van der Waals surface area contributed by atoms with Gasteiger partial charge in [0.1, 0.15) is 5.75 Å². The maximum Gasteiger partial charge on any atom is 0.573 e. The highest BCUT2D eigenvalue weighted by atomic mass is 19.4. The largest absolute Gasteiger partial charge is 0.573 e. The van der Waals surface area contributed by atoms with E-state index in [0.717, 1.165) is 24.3 Å². The summed E-state index contributed by atoms with van der Waals surface area (Å²) in [7, 11) is 0. The topological polar surface area (TPSA) is 67.4 Å². The number of hydrogen-bond acceptors (Lipinski definition) is 3. The van der Waals surface area contributed by atoms with Gasteiger partial charge in [0.15, 0.2) is 0 Å². The summed E-state index contributed by atoms with van der Waals surface area (Å²) in [6.45, 7) is 1.19. The molecule has 0 aliphatic rings. The van der Waals surface area contributed by atoms with Crippen LogP contribution in [0.2, 0.25) is 0 Å². The molecule has 8 heteroatoms. The first-order valence-corrected chi connectivity index (χ1v) is 4.70. The Hall–Kier alpha value is -2.25. The molecule has 0 saturated carbocycles. The molecular formula is C10H9F3N2O3. The minimum absolute atomic E-state index is 0.0817. The van der Waals surface area contributed by atoms with Crippen molar-refractivity contribution in [2.75, 3.05) is 0 Å². The summed E-state index contributed by atoms with van der Waals surface area (Å²) in [4.78, 5) is 21.9. The maximum absolute atomic E-state index is 11.9. The molecule has 5 nitrogen and oxygen atoms in total. The number of carbonyl (C=O) groups is 2. The third-order valence-corrected chi connectivity index (χ3v) is 1.70. The highest BCUT2D eigenvalue weighted by Crippen LogP contribution is 2.22. The SMILES string of the molecule is CC(=O)NNC(=O)c1ccc(OC(F)(F)F)cc1. The Labute approximate surface area is 99.9 Å². The normalized spacial score (nSPS) is 10.7. The highest BCUT2D eigenvalue weighted by molar-refractivity contribution is 5.95. The number of hydrazine groups is 1. The predicted octanol–water partition coefficient (Wildman–Crippen LogP) is 1.37. The van der Waals surface area contributed by atoms with E-state index in [9.17, 15) is 22.8 Å². The molecule has 1 aromatic rings. The molecule has 0 fully saturated rings. The first kappa shape index (κ1) is 13.8. The molecule has 98 valence electrons. The lowest BCUT2D eigenvalue weighted by Crippen LogP contribution is -2.40.